The number of unbranched alkanes of at least 4 members (excludes halogenated alkanes) is 1. The lowest BCUT2D eigenvalue weighted by Crippen LogP contribution is -2.42. The van der Waals surface area contributed by atoms with Crippen molar-refractivity contribution < 1.29 is 12.6 Å². The molecular weight excluding hydrogens is 258 g/mol. The van der Waals surface area contributed by atoms with Gasteiger partial charge in [0.15, 0.2) is 0 Å². The van der Waals surface area contributed by atoms with Crippen molar-refractivity contribution in [3.8, 4) is 0 Å². The van der Waals surface area contributed by atoms with E-state index in [0.29, 0.717) is 36.9 Å². The van der Waals surface area contributed by atoms with Gasteiger partial charge in [-0.15, -0.1) is 11.6 Å². The maximum atomic E-state index is 11.8. The van der Waals surface area contributed by atoms with E-state index in [1.165, 1.54) is 4.31 Å². The minimum atomic E-state index is -3.14. The van der Waals surface area contributed by atoms with Crippen molar-refractivity contribution in [2.75, 3.05) is 36.2 Å². The first-order chi connectivity index (χ1) is 7.06. The molecule has 1 fully saturated rings. The summed E-state index contributed by atoms with van der Waals surface area (Å²) in [6, 6.07) is 0. The van der Waals surface area contributed by atoms with Gasteiger partial charge in [-0.1, -0.05) is 0 Å². The maximum absolute atomic E-state index is 11.8. The molecule has 0 aromatic heterocycles. The standard InChI is InChI=1S/C8H16ClNO3S2/c9-3-1-2-8-15(12,13)10-4-6-14(11)7-5-10/h1-8H2. The number of rotatable bonds is 5. The largest absolute Gasteiger partial charge is 0.259 e. The smallest absolute Gasteiger partial charge is 0.214 e. The third-order valence-electron chi connectivity index (χ3n) is 2.32. The summed E-state index contributed by atoms with van der Waals surface area (Å²) in [6.07, 6.45) is 1.33. The average Bonchev–Trinajstić information content (AvgIpc) is 2.18. The van der Waals surface area contributed by atoms with Crippen LogP contribution in [0.2, 0.25) is 0 Å². The van der Waals surface area contributed by atoms with Gasteiger partial charge in [-0.3, -0.25) is 4.21 Å². The van der Waals surface area contributed by atoms with Crippen molar-refractivity contribution in [2.45, 2.75) is 12.8 Å². The Hall–Kier alpha value is 0.350. The lowest BCUT2D eigenvalue weighted by Gasteiger charge is -2.25. The molecular formula is C8H16ClNO3S2. The topological polar surface area (TPSA) is 54.5 Å². The Morgan fingerprint density at radius 1 is 1.20 bits per heavy atom. The van der Waals surface area contributed by atoms with Gasteiger partial charge in [0.25, 0.3) is 0 Å². The molecule has 1 rings (SSSR count). The number of nitrogens with zero attached hydrogens (tertiary/aromatic N) is 1. The van der Waals surface area contributed by atoms with Crippen LogP contribution in [0.15, 0.2) is 0 Å². The number of hydrogen-bond acceptors (Lipinski definition) is 3. The molecule has 0 radical (unpaired) electrons. The van der Waals surface area contributed by atoms with E-state index in [2.05, 4.69) is 0 Å². The normalized spacial score (nSPS) is 20.6. The minimum Gasteiger partial charge on any atom is -0.259 e. The molecule has 7 heteroatoms. The Bertz CT molecular complexity index is 308. The second kappa shape index (κ2) is 6.18. The van der Waals surface area contributed by atoms with E-state index in [0.717, 1.165) is 6.42 Å². The summed E-state index contributed by atoms with van der Waals surface area (Å²) >= 11 is 5.49. The van der Waals surface area contributed by atoms with Crippen LogP contribution < -0.4 is 0 Å². The predicted molar refractivity (Wildman–Crippen MR) is 63.2 cm³/mol. The Morgan fingerprint density at radius 2 is 1.80 bits per heavy atom. The van der Waals surface area contributed by atoms with Crippen LogP contribution in [0.3, 0.4) is 0 Å². The molecule has 0 aliphatic carbocycles. The first-order valence-electron chi connectivity index (χ1n) is 4.95. The number of hydrogen-bond donors (Lipinski definition) is 0. The summed E-state index contributed by atoms with van der Waals surface area (Å²) in [7, 11) is -3.97. The van der Waals surface area contributed by atoms with E-state index < -0.39 is 20.8 Å². The fourth-order valence-corrected chi connectivity index (χ4v) is 4.45. The minimum absolute atomic E-state index is 0.159. The molecule has 0 saturated carbocycles. The lowest BCUT2D eigenvalue weighted by atomic mass is 10.4. The van der Waals surface area contributed by atoms with E-state index in [4.69, 9.17) is 11.6 Å². The van der Waals surface area contributed by atoms with Crippen molar-refractivity contribution in [1.29, 1.82) is 0 Å². The van der Waals surface area contributed by atoms with E-state index in [-0.39, 0.29) is 5.75 Å². The number of sulfonamides is 1. The zero-order valence-electron chi connectivity index (χ0n) is 8.52. The summed E-state index contributed by atoms with van der Waals surface area (Å²) in [5.41, 5.74) is 0. The Kier molecular flexibility index (Phi) is 5.52. The van der Waals surface area contributed by atoms with E-state index in [1.54, 1.807) is 0 Å². The van der Waals surface area contributed by atoms with E-state index in [9.17, 15) is 12.6 Å². The molecule has 0 aromatic carbocycles. The summed E-state index contributed by atoms with van der Waals surface area (Å²) < 4.78 is 36.0. The Labute approximate surface area is 98.5 Å². The average molecular weight is 274 g/mol. The lowest BCUT2D eigenvalue weighted by molar-refractivity contribution is 0.437. The third-order valence-corrected chi connectivity index (χ3v) is 5.82. The zero-order valence-corrected chi connectivity index (χ0v) is 10.9. The van der Waals surface area contributed by atoms with Gasteiger partial charge in [-0.2, -0.15) is 0 Å². The van der Waals surface area contributed by atoms with Crippen LogP contribution in [0.4, 0.5) is 0 Å². The quantitative estimate of drug-likeness (QED) is 0.538. The fourth-order valence-electron chi connectivity index (χ4n) is 1.41. The highest BCUT2D eigenvalue weighted by Crippen LogP contribution is 2.09. The second-order valence-electron chi connectivity index (χ2n) is 3.46. The van der Waals surface area contributed by atoms with Gasteiger partial charge in [-0.25, -0.2) is 12.7 Å². The highest BCUT2D eigenvalue weighted by atomic mass is 35.5. The molecule has 0 aromatic rings. The molecule has 1 saturated heterocycles. The van der Waals surface area contributed by atoms with Gasteiger partial charge in [0.05, 0.1) is 5.75 Å². The Balaban J connectivity index is 2.43. The maximum Gasteiger partial charge on any atom is 0.214 e. The second-order valence-corrected chi connectivity index (χ2v) is 7.62. The number of halogens is 1. The summed E-state index contributed by atoms with van der Waals surface area (Å²) in [4.78, 5) is 0. The van der Waals surface area contributed by atoms with Crippen molar-refractivity contribution in [3.05, 3.63) is 0 Å². The van der Waals surface area contributed by atoms with Crippen LogP contribution in [0, 0.1) is 0 Å². The van der Waals surface area contributed by atoms with Crippen LogP contribution in [-0.2, 0) is 20.8 Å². The van der Waals surface area contributed by atoms with Gasteiger partial charge in [0.1, 0.15) is 0 Å². The Morgan fingerprint density at radius 3 is 2.33 bits per heavy atom. The molecule has 0 bridgehead atoms. The SMILES string of the molecule is O=S1CCN(S(=O)(=O)CCCCCl)CC1. The summed E-state index contributed by atoms with van der Waals surface area (Å²) in [5, 5.41) is 0. The molecule has 0 unspecified atom stereocenters. The monoisotopic (exact) mass is 273 g/mol. The number of alkyl halides is 1. The van der Waals surface area contributed by atoms with Crippen LogP contribution in [0.1, 0.15) is 12.8 Å². The van der Waals surface area contributed by atoms with Crippen molar-refractivity contribution in [2.24, 2.45) is 0 Å². The first kappa shape index (κ1) is 13.4. The molecule has 1 aliphatic rings. The van der Waals surface area contributed by atoms with Crippen LogP contribution in [0.5, 0.6) is 0 Å². The van der Waals surface area contributed by atoms with Crippen LogP contribution in [0.25, 0.3) is 0 Å². The van der Waals surface area contributed by atoms with E-state index in [1.807, 2.05) is 0 Å². The third kappa shape index (κ3) is 4.38. The fraction of sp³-hybridized carbons (Fsp3) is 1.00. The van der Waals surface area contributed by atoms with Gasteiger partial charge in [0.2, 0.25) is 10.0 Å². The molecule has 1 heterocycles. The summed E-state index contributed by atoms with van der Waals surface area (Å²) in [5.74, 6) is 1.59. The van der Waals surface area contributed by atoms with Crippen LogP contribution in [-0.4, -0.2) is 53.2 Å². The summed E-state index contributed by atoms with van der Waals surface area (Å²) in [6.45, 7) is 0.797. The van der Waals surface area contributed by atoms with Crippen molar-refractivity contribution in [3.63, 3.8) is 0 Å². The zero-order chi connectivity index (χ0) is 11.3. The van der Waals surface area contributed by atoms with Crippen LogP contribution >= 0.6 is 11.6 Å². The molecule has 0 amide bonds. The molecule has 0 spiro atoms. The van der Waals surface area contributed by atoms with Gasteiger partial charge < -0.3 is 0 Å². The van der Waals surface area contributed by atoms with Gasteiger partial charge >= 0.3 is 0 Å². The van der Waals surface area contributed by atoms with Crippen molar-refractivity contribution in [1.82, 2.24) is 4.31 Å². The highest BCUT2D eigenvalue weighted by Gasteiger charge is 2.25. The predicted octanol–water partition coefficient (Wildman–Crippen LogP) is 0.399. The molecule has 15 heavy (non-hydrogen) atoms. The van der Waals surface area contributed by atoms with Crippen molar-refractivity contribution >= 4 is 32.4 Å². The molecule has 0 atom stereocenters. The van der Waals surface area contributed by atoms with Gasteiger partial charge in [0, 0.05) is 41.3 Å². The molecule has 90 valence electrons. The highest BCUT2D eigenvalue weighted by molar-refractivity contribution is 7.89. The van der Waals surface area contributed by atoms with E-state index >= 15 is 0 Å². The van der Waals surface area contributed by atoms with Gasteiger partial charge in [-0.05, 0) is 12.8 Å². The molecule has 0 N–H and O–H groups in total. The molecule has 1 aliphatic heterocycles. The molecule has 4 nitrogen and oxygen atoms in total. The first-order valence-corrected chi connectivity index (χ1v) is 8.58.